The minimum atomic E-state index is -1.25. The van der Waals surface area contributed by atoms with Crippen LogP contribution in [0, 0.1) is 50.7 Å². The highest BCUT2D eigenvalue weighted by molar-refractivity contribution is 5.66. The molecule has 0 aromatic heterocycles. The van der Waals surface area contributed by atoms with E-state index < -0.39 is 29.9 Å². The molecule has 2 heterocycles. The molecule has 0 bridgehead atoms. The van der Waals surface area contributed by atoms with Crippen LogP contribution >= 0.6 is 0 Å². The van der Waals surface area contributed by atoms with E-state index in [4.69, 9.17) is 18.9 Å². The van der Waals surface area contributed by atoms with Crippen LogP contribution in [-0.4, -0.2) is 78.3 Å². The van der Waals surface area contributed by atoms with Gasteiger partial charge in [-0.3, -0.25) is 4.79 Å². The summed E-state index contributed by atoms with van der Waals surface area (Å²) in [5.74, 6) is 1.16. The highest BCUT2D eigenvalue weighted by Gasteiger charge is 2.84. The minimum Gasteiger partial charge on any atom is -0.457 e. The number of aliphatic hydroxyl groups is 2. The molecular weight excluding hydrogens is 558 g/mol. The van der Waals surface area contributed by atoms with Crippen LogP contribution in [0.25, 0.3) is 0 Å². The first-order valence-electron chi connectivity index (χ1n) is 17.7. The molecule has 3 N–H and O–H groups in total. The summed E-state index contributed by atoms with van der Waals surface area (Å²) in [6, 6.07) is 0. The van der Waals surface area contributed by atoms with Gasteiger partial charge in [0.2, 0.25) is 0 Å². The third kappa shape index (κ3) is 4.12. The average Bonchev–Trinajstić information content (AvgIpc) is 3.58. The van der Waals surface area contributed by atoms with E-state index in [2.05, 4.69) is 39.9 Å². The molecule has 2 saturated heterocycles. The zero-order chi connectivity index (χ0) is 31.7. The number of morpholine rings is 1. The van der Waals surface area contributed by atoms with Crippen LogP contribution in [0.15, 0.2) is 0 Å². The lowest BCUT2D eigenvalue weighted by Gasteiger charge is -2.64. The topological polar surface area (TPSA) is 106 Å². The predicted octanol–water partition coefficient (Wildman–Crippen LogP) is 4.83. The van der Waals surface area contributed by atoms with Crippen molar-refractivity contribution in [3.05, 3.63) is 0 Å². The number of ether oxygens (including phenoxy) is 4. The van der Waals surface area contributed by atoms with Gasteiger partial charge in [0, 0.05) is 25.4 Å². The van der Waals surface area contributed by atoms with Crippen LogP contribution in [0.5, 0.6) is 0 Å². The Hall–Kier alpha value is -0.770. The van der Waals surface area contributed by atoms with Gasteiger partial charge in [0.15, 0.2) is 12.4 Å². The number of esters is 1. The second-order valence-electron chi connectivity index (χ2n) is 17.9. The number of hydrogen-bond acceptors (Lipinski definition) is 8. The molecule has 0 amide bonds. The van der Waals surface area contributed by atoms with Crippen molar-refractivity contribution in [2.75, 3.05) is 19.7 Å². The molecule has 5 aliphatic carbocycles. The highest BCUT2D eigenvalue weighted by Crippen LogP contribution is 2.89. The second kappa shape index (κ2) is 10.1. The van der Waals surface area contributed by atoms with Gasteiger partial charge >= 0.3 is 5.97 Å². The summed E-state index contributed by atoms with van der Waals surface area (Å²) < 4.78 is 25.2. The molecule has 2 aliphatic heterocycles. The average molecular weight is 618 g/mol. The molecule has 0 aromatic carbocycles. The van der Waals surface area contributed by atoms with Crippen LogP contribution in [0.4, 0.5) is 0 Å². The van der Waals surface area contributed by atoms with Gasteiger partial charge in [-0.05, 0) is 111 Å². The van der Waals surface area contributed by atoms with Gasteiger partial charge in [-0.2, -0.15) is 0 Å². The van der Waals surface area contributed by atoms with Crippen molar-refractivity contribution in [1.29, 1.82) is 0 Å². The minimum absolute atomic E-state index is 0.0409. The maximum atomic E-state index is 12.5. The van der Waals surface area contributed by atoms with E-state index in [1.807, 2.05) is 0 Å². The Balaban J connectivity index is 1.16. The Bertz CT molecular complexity index is 1150. The summed E-state index contributed by atoms with van der Waals surface area (Å²) in [7, 11) is 0. The summed E-state index contributed by atoms with van der Waals surface area (Å²) in [5.41, 5.74) is -0.862. The van der Waals surface area contributed by atoms with Gasteiger partial charge in [0.05, 0.1) is 36.6 Å². The van der Waals surface area contributed by atoms with E-state index in [0.29, 0.717) is 30.3 Å². The summed E-state index contributed by atoms with van der Waals surface area (Å²) in [4.78, 5) is 12.0. The van der Waals surface area contributed by atoms with Crippen molar-refractivity contribution in [1.82, 2.24) is 5.32 Å². The first-order valence-corrected chi connectivity index (χ1v) is 17.7. The van der Waals surface area contributed by atoms with Crippen LogP contribution in [0.3, 0.4) is 0 Å². The van der Waals surface area contributed by atoms with E-state index in [9.17, 15) is 15.0 Å². The molecule has 0 radical (unpaired) electrons. The zero-order valence-electron chi connectivity index (χ0n) is 28.5. The Morgan fingerprint density at radius 3 is 2.41 bits per heavy atom. The fourth-order valence-electron chi connectivity index (χ4n) is 13.4. The zero-order valence-corrected chi connectivity index (χ0v) is 28.5. The molecule has 250 valence electrons. The Morgan fingerprint density at radius 1 is 1.05 bits per heavy atom. The van der Waals surface area contributed by atoms with Crippen molar-refractivity contribution >= 4 is 5.97 Å². The molecular formula is C36H59NO7. The summed E-state index contributed by atoms with van der Waals surface area (Å²) in [6.07, 6.45) is 6.87. The normalized spacial score (nSPS) is 53.3. The van der Waals surface area contributed by atoms with Crippen LogP contribution in [0.2, 0.25) is 0 Å². The third-order valence-corrected chi connectivity index (χ3v) is 15.3. The third-order valence-electron chi connectivity index (χ3n) is 15.3. The molecule has 3 unspecified atom stereocenters. The fraction of sp³-hybridized carbons (Fsp3) is 0.972. The van der Waals surface area contributed by atoms with Gasteiger partial charge in [0.1, 0.15) is 0 Å². The number of nitrogens with one attached hydrogen (secondary N) is 1. The predicted molar refractivity (Wildman–Crippen MR) is 165 cm³/mol. The summed E-state index contributed by atoms with van der Waals surface area (Å²) in [6.45, 7) is 19.2. The lowest BCUT2D eigenvalue weighted by Crippen LogP contribution is -2.60. The van der Waals surface area contributed by atoms with Crippen molar-refractivity contribution in [3.63, 3.8) is 0 Å². The van der Waals surface area contributed by atoms with Gasteiger partial charge in [-0.1, -0.05) is 34.6 Å². The molecule has 44 heavy (non-hydrogen) atoms. The first kappa shape index (κ1) is 31.8. The highest BCUT2D eigenvalue weighted by atomic mass is 16.7. The van der Waals surface area contributed by atoms with Gasteiger partial charge < -0.3 is 34.5 Å². The van der Waals surface area contributed by atoms with Crippen LogP contribution in [0.1, 0.15) is 107 Å². The quantitative estimate of drug-likeness (QED) is 0.377. The molecule has 2 spiro atoms. The van der Waals surface area contributed by atoms with E-state index >= 15 is 0 Å². The van der Waals surface area contributed by atoms with E-state index in [0.717, 1.165) is 32.4 Å². The molecule has 14 atom stereocenters. The first-order chi connectivity index (χ1) is 20.5. The Morgan fingerprint density at radius 2 is 1.75 bits per heavy atom. The monoisotopic (exact) mass is 617 g/mol. The number of hydrogen-bond donors (Lipinski definition) is 3. The van der Waals surface area contributed by atoms with Gasteiger partial charge in [-0.25, -0.2) is 0 Å². The summed E-state index contributed by atoms with van der Waals surface area (Å²) in [5, 5.41) is 26.9. The van der Waals surface area contributed by atoms with Crippen LogP contribution in [-0.2, 0) is 23.7 Å². The van der Waals surface area contributed by atoms with Crippen molar-refractivity contribution < 1.29 is 34.0 Å². The lowest BCUT2D eigenvalue weighted by molar-refractivity contribution is -0.237. The molecule has 8 heteroatoms. The van der Waals surface area contributed by atoms with Crippen molar-refractivity contribution in [3.8, 4) is 0 Å². The van der Waals surface area contributed by atoms with E-state index in [1.54, 1.807) is 13.8 Å². The van der Waals surface area contributed by atoms with Crippen molar-refractivity contribution in [2.24, 2.45) is 50.7 Å². The SMILES string of the molecule is CC(=O)O[C@@H]([C@H]1CC(C)C2C(O1)[C@H](O)[C@@]1(C)[C@@H]3CC[C@H]4C(C)(C)[C@@H](O[C@H]5CNCCO5)CC[C@@]45C[C@@]35CC[C@]21C)C(C)(C)O. The Kier molecular flexibility index (Phi) is 7.32. The molecule has 5 saturated carbocycles. The van der Waals surface area contributed by atoms with E-state index in [1.165, 1.54) is 32.6 Å². The lowest BCUT2D eigenvalue weighted by atomic mass is 9.41. The fourth-order valence-corrected chi connectivity index (χ4v) is 13.4. The number of aliphatic hydroxyl groups excluding tert-OH is 1. The second-order valence-corrected chi connectivity index (χ2v) is 17.9. The van der Waals surface area contributed by atoms with E-state index in [-0.39, 0.29) is 52.0 Å². The van der Waals surface area contributed by atoms with Gasteiger partial charge in [-0.15, -0.1) is 0 Å². The number of carbonyl (C=O) groups excluding carboxylic acids is 1. The largest absolute Gasteiger partial charge is 0.457 e. The van der Waals surface area contributed by atoms with Crippen LogP contribution < -0.4 is 5.32 Å². The maximum Gasteiger partial charge on any atom is 0.303 e. The number of rotatable bonds is 5. The molecule has 7 aliphatic rings. The van der Waals surface area contributed by atoms with Gasteiger partial charge in [0.25, 0.3) is 0 Å². The number of carbonyl (C=O) groups is 1. The molecule has 0 aromatic rings. The Labute approximate surface area is 264 Å². The van der Waals surface area contributed by atoms with Crippen molar-refractivity contribution in [2.45, 2.75) is 149 Å². The molecule has 7 rings (SSSR count). The smallest absolute Gasteiger partial charge is 0.303 e. The maximum absolute atomic E-state index is 12.5. The summed E-state index contributed by atoms with van der Waals surface area (Å²) >= 11 is 0. The molecule has 8 nitrogen and oxygen atoms in total. The standard InChI is InChI=1S/C36H59NO7/c1-20-17-22(30(32(5,6)40)42-21(2)38)43-28-27(20)33(7)13-14-36-19-35(36)12-11-25(44-26-18-37-15-16-41-26)31(3,4)23(35)9-10-24(36)34(33,8)29(28)39/h20,22-30,37,39-40H,9-19H2,1-8H3/t20?,22-,23+,24+,25+,26+,27?,28?,29+,30+,33-,34-,35-,36+/m1/s1. The number of fused-ring (bicyclic) bond motifs is 4. The molecule has 7 fully saturated rings.